The van der Waals surface area contributed by atoms with Gasteiger partial charge in [-0.1, -0.05) is 46.2 Å². The first-order valence-corrected chi connectivity index (χ1v) is 11.1. The van der Waals surface area contributed by atoms with Crippen LogP contribution in [0.5, 0.6) is 0 Å². The van der Waals surface area contributed by atoms with Crippen molar-refractivity contribution in [1.29, 1.82) is 0 Å². The Hall–Kier alpha value is -1.34. The van der Waals surface area contributed by atoms with Gasteiger partial charge in [-0.2, -0.15) is 0 Å². The number of nitrogens with one attached hydrogen (secondary N) is 1. The summed E-state index contributed by atoms with van der Waals surface area (Å²) in [4.78, 5) is 26.3. The maximum atomic E-state index is 12.7. The van der Waals surface area contributed by atoms with Crippen LogP contribution in [0.1, 0.15) is 31.2 Å². The number of methoxy groups -OCH3 is 1. The lowest BCUT2D eigenvalue weighted by Crippen LogP contribution is -2.48. The number of urea groups is 1. The Kier molecular flexibility index (Phi) is 6.53. The van der Waals surface area contributed by atoms with Gasteiger partial charge in [0, 0.05) is 29.7 Å². The third-order valence-electron chi connectivity index (χ3n) is 4.62. The van der Waals surface area contributed by atoms with E-state index in [0.29, 0.717) is 13.0 Å². The Morgan fingerprint density at radius 2 is 2.16 bits per heavy atom. The molecule has 0 radical (unpaired) electrons. The van der Waals surface area contributed by atoms with E-state index in [1.54, 1.807) is 4.90 Å². The Labute approximate surface area is 156 Å². The van der Waals surface area contributed by atoms with Crippen molar-refractivity contribution in [3.63, 3.8) is 0 Å². The zero-order chi connectivity index (χ0) is 17.6. The highest BCUT2D eigenvalue weighted by Gasteiger charge is 2.38. The number of esters is 1. The third-order valence-corrected chi connectivity index (χ3v) is 7.63. The van der Waals surface area contributed by atoms with Crippen molar-refractivity contribution in [1.82, 2.24) is 5.32 Å². The van der Waals surface area contributed by atoms with E-state index in [0.717, 1.165) is 29.3 Å². The lowest BCUT2D eigenvalue weighted by atomic mass is 10.1. The van der Waals surface area contributed by atoms with Crippen molar-refractivity contribution < 1.29 is 14.3 Å². The number of unbranched alkanes of at least 4 members (excludes halogenated alkanes) is 1. The minimum Gasteiger partial charge on any atom is -0.467 e. The van der Waals surface area contributed by atoms with E-state index in [4.69, 9.17) is 4.74 Å². The second kappa shape index (κ2) is 8.85. The van der Waals surface area contributed by atoms with E-state index in [1.807, 2.05) is 45.9 Å². The van der Waals surface area contributed by atoms with Crippen molar-refractivity contribution in [2.75, 3.05) is 24.3 Å². The molecule has 2 aliphatic rings. The highest BCUT2D eigenvalue weighted by Crippen LogP contribution is 2.39. The number of nitrogens with zero attached hydrogens (tertiary/aromatic N) is 1. The summed E-state index contributed by atoms with van der Waals surface area (Å²) in [6.07, 6.45) is 5.10. The molecule has 2 unspecified atom stereocenters. The van der Waals surface area contributed by atoms with Crippen molar-refractivity contribution in [2.45, 2.75) is 43.4 Å². The number of anilines is 1. The maximum Gasteiger partial charge on any atom is 0.329 e. The van der Waals surface area contributed by atoms with Crippen LogP contribution in [0.25, 0.3) is 0 Å². The Balaban J connectivity index is 1.52. The summed E-state index contributed by atoms with van der Waals surface area (Å²) in [5.41, 5.74) is 1.80. The van der Waals surface area contributed by atoms with Gasteiger partial charge < -0.3 is 10.1 Å². The first-order chi connectivity index (χ1) is 12.2. The van der Waals surface area contributed by atoms with Gasteiger partial charge in [0.25, 0.3) is 0 Å². The predicted molar refractivity (Wildman–Crippen MR) is 104 cm³/mol. The molecule has 2 amide bonds. The molecule has 0 bridgehead atoms. The van der Waals surface area contributed by atoms with Gasteiger partial charge in [-0.15, -0.1) is 0 Å². The minimum atomic E-state index is -0.575. The van der Waals surface area contributed by atoms with Gasteiger partial charge >= 0.3 is 12.0 Å². The van der Waals surface area contributed by atoms with Crippen molar-refractivity contribution in [3.05, 3.63) is 29.8 Å². The van der Waals surface area contributed by atoms with Crippen molar-refractivity contribution in [3.8, 4) is 0 Å². The SMILES string of the molecule is COC(=O)C1Cc2ccccc2N1C(=O)NCCCCC1CCSS1. The summed E-state index contributed by atoms with van der Waals surface area (Å²) in [6.45, 7) is 0.635. The van der Waals surface area contributed by atoms with Gasteiger partial charge in [0.05, 0.1) is 7.11 Å². The molecule has 0 aliphatic carbocycles. The third kappa shape index (κ3) is 4.44. The second-order valence-corrected chi connectivity index (χ2v) is 9.09. The molecule has 1 aromatic carbocycles. The van der Waals surface area contributed by atoms with Crippen LogP contribution in [0.2, 0.25) is 0 Å². The molecule has 2 aliphatic heterocycles. The number of para-hydroxylation sites is 1. The Morgan fingerprint density at radius 1 is 1.32 bits per heavy atom. The highest BCUT2D eigenvalue weighted by molar-refractivity contribution is 8.77. The van der Waals surface area contributed by atoms with E-state index in [9.17, 15) is 9.59 Å². The van der Waals surface area contributed by atoms with E-state index in [-0.39, 0.29) is 12.0 Å². The highest BCUT2D eigenvalue weighted by atomic mass is 33.1. The van der Waals surface area contributed by atoms with Gasteiger partial charge in [-0.3, -0.25) is 4.90 Å². The van der Waals surface area contributed by atoms with Crippen LogP contribution in [0.4, 0.5) is 10.5 Å². The average Bonchev–Trinajstić information content (AvgIpc) is 3.27. The van der Waals surface area contributed by atoms with Crippen molar-refractivity contribution in [2.24, 2.45) is 0 Å². The molecule has 0 saturated carbocycles. The quantitative estimate of drug-likeness (QED) is 0.464. The summed E-state index contributed by atoms with van der Waals surface area (Å²) < 4.78 is 4.88. The molecule has 2 atom stereocenters. The number of carbonyl (C=O) groups is 2. The first kappa shape index (κ1) is 18.5. The molecule has 2 heterocycles. The molecular weight excluding hydrogens is 356 g/mol. The van der Waals surface area contributed by atoms with E-state index >= 15 is 0 Å². The van der Waals surface area contributed by atoms with Crippen LogP contribution >= 0.6 is 21.6 Å². The Morgan fingerprint density at radius 3 is 2.92 bits per heavy atom. The Bertz CT molecular complexity index is 620. The lowest BCUT2D eigenvalue weighted by Gasteiger charge is -2.24. The molecular formula is C18H24N2O3S2. The van der Waals surface area contributed by atoms with Crippen molar-refractivity contribution >= 4 is 39.3 Å². The number of fused-ring (bicyclic) bond motifs is 1. The standard InChI is InChI=1S/C18H24N2O3S2/c1-23-17(21)16-12-13-6-2-3-8-15(13)20(16)18(22)19-10-5-4-7-14-9-11-24-25-14/h2-3,6,8,14,16H,4-5,7,9-12H2,1H3,(H,19,22). The first-order valence-electron chi connectivity index (χ1n) is 8.71. The van der Waals surface area contributed by atoms with Gasteiger partial charge in [-0.05, 0) is 30.9 Å². The summed E-state index contributed by atoms with van der Waals surface area (Å²) in [5, 5.41) is 3.74. The van der Waals surface area contributed by atoms with Gasteiger partial charge in [0.15, 0.2) is 0 Å². The molecule has 1 N–H and O–H groups in total. The zero-order valence-electron chi connectivity index (χ0n) is 14.4. The zero-order valence-corrected chi connectivity index (χ0v) is 16.0. The number of amides is 2. The normalized spacial score (nSPS) is 21.9. The fourth-order valence-electron chi connectivity index (χ4n) is 3.30. The van der Waals surface area contributed by atoms with Crippen LogP contribution in [-0.2, 0) is 16.0 Å². The molecule has 3 rings (SSSR count). The fraction of sp³-hybridized carbons (Fsp3) is 0.556. The van der Waals surface area contributed by atoms with Crippen LogP contribution < -0.4 is 10.2 Å². The average molecular weight is 381 g/mol. The molecule has 0 aromatic heterocycles. The molecule has 25 heavy (non-hydrogen) atoms. The van der Waals surface area contributed by atoms with Crippen LogP contribution in [0, 0.1) is 0 Å². The number of ether oxygens (including phenoxy) is 1. The lowest BCUT2D eigenvalue weighted by molar-refractivity contribution is -0.141. The topological polar surface area (TPSA) is 58.6 Å². The predicted octanol–water partition coefficient (Wildman–Crippen LogP) is 3.62. The second-order valence-electron chi connectivity index (χ2n) is 6.30. The van der Waals surface area contributed by atoms with Gasteiger partial charge in [0.1, 0.15) is 6.04 Å². The molecule has 5 nitrogen and oxygen atoms in total. The minimum absolute atomic E-state index is 0.217. The largest absolute Gasteiger partial charge is 0.467 e. The summed E-state index contributed by atoms with van der Waals surface area (Å²) in [5.74, 6) is 0.886. The van der Waals surface area contributed by atoms with Crippen LogP contribution in [-0.4, -0.2) is 42.7 Å². The maximum absolute atomic E-state index is 12.7. The fourth-order valence-corrected chi connectivity index (χ4v) is 6.33. The summed E-state index contributed by atoms with van der Waals surface area (Å²) in [6, 6.07) is 6.85. The number of carbonyl (C=O) groups excluding carboxylic acids is 2. The number of hydrogen-bond donors (Lipinski definition) is 1. The van der Waals surface area contributed by atoms with Crippen LogP contribution in [0.3, 0.4) is 0 Å². The number of benzene rings is 1. The summed E-state index contributed by atoms with van der Waals surface area (Å²) in [7, 11) is 5.32. The van der Waals surface area contributed by atoms with E-state index in [1.165, 1.54) is 25.7 Å². The van der Waals surface area contributed by atoms with Gasteiger partial charge in [-0.25, -0.2) is 9.59 Å². The van der Waals surface area contributed by atoms with E-state index < -0.39 is 6.04 Å². The molecule has 1 saturated heterocycles. The molecule has 1 aromatic rings. The van der Waals surface area contributed by atoms with E-state index in [2.05, 4.69) is 5.32 Å². The summed E-state index contributed by atoms with van der Waals surface area (Å²) >= 11 is 0. The smallest absolute Gasteiger partial charge is 0.329 e. The molecule has 0 spiro atoms. The van der Waals surface area contributed by atoms with Crippen LogP contribution in [0.15, 0.2) is 24.3 Å². The number of rotatable bonds is 6. The molecule has 7 heteroatoms. The monoisotopic (exact) mass is 380 g/mol. The molecule has 136 valence electrons. The number of hydrogen-bond acceptors (Lipinski definition) is 5. The molecule has 1 fully saturated rings. The van der Waals surface area contributed by atoms with Gasteiger partial charge in [0.2, 0.25) is 0 Å².